The molecule has 0 aliphatic rings. The van der Waals surface area contributed by atoms with Crippen molar-refractivity contribution >= 4 is 12.6 Å². The second-order valence-electron chi connectivity index (χ2n) is 4.62. The van der Waals surface area contributed by atoms with E-state index in [0.717, 1.165) is 6.42 Å². The van der Waals surface area contributed by atoms with Gasteiger partial charge in [-0.05, 0) is 31.4 Å². The van der Waals surface area contributed by atoms with Crippen LogP contribution in [0.15, 0.2) is 48.5 Å². The van der Waals surface area contributed by atoms with Crippen LogP contribution in [0.3, 0.4) is 0 Å². The van der Waals surface area contributed by atoms with E-state index in [-0.39, 0.29) is 5.25 Å². The molecule has 17 heavy (non-hydrogen) atoms. The van der Waals surface area contributed by atoms with Gasteiger partial charge in [0.15, 0.2) is 0 Å². The Kier molecular flexibility index (Phi) is 3.90. The zero-order valence-electron chi connectivity index (χ0n) is 10.4. The Balaban J connectivity index is 2.08. The number of aryl methyl sites for hydroxylation is 2. The van der Waals surface area contributed by atoms with Gasteiger partial charge in [-0.2, -0.15) is 12.6 Å². The molecule has 0 aromatic heterocycles. The molecule has 0 heterocycles. The summed E-state index contributed by atoms with van der Waals surface area (Å²) in [4.78, 5) is 0. The minimum Gasteiger partial charge on any atom is -0.171 e. The first kappa shape index (κ1) is 12.3. The predicted octanol–water partition coefficient (Wildman–Crippen LogP) is 4.52. The van der Waals surface area contributed by atoms with E-state index < -0.39 is 0 Å². The van der Waals surface area contributed by atoms with Crippen LogP contribution >= 0.6 is 12.6 Å². The molecular formula is C16H18S. The normalized spacial score (nSPS) is 12.4. The summed E-state index contributed by atoms with van der Waals surface area (Å²) in [6.45, 7) is 4.22. The lowest BCUT2D eigenvalue weighted by Crippen LogP contribution is -1.96. The van der Waals surface area contributed by atoms with Crippen molar-refractivity contribution in [1.29, 1.82) is 0 Å². The van der Waals surface area contributed by atoms with E-state index in [0.29, 0.717) is 0 Å². The highest BCUT2D eigenvalue weighted by atomic mass is 32.1. The maximum Gasteiger partial charge on any atom is 0.0307 e. The number of hydrogen-bond donors (Lipinski definition) is 1. The van der Waals surface area contributed by atoms with Gasteiger partial charge in [0, 0.05) is 5.25 Å². The second-order valence-corrected chi connectivity index (χ2v) is 5.24. The van der Waals surface area contributed by atoms with Crippen LogP contribution in [0, 0.1) is 13.8 Å². The van der Waals surface area contributed by atoms with E-state index in [9.17, 15) is 0 Å². The van der Waals surface area contributed by atoms with Gasteiger partial charge < -0.3 is 0 Å². The minimum atomic E-state index is 0.276. The van der Waals surface area contributed by atoms with Crippen molar-refractivity contribution in [2.45, 2.75) is 25.5 Å². The highest BCUT2D eigenvalue weighted by Crippen LogP contribution is 2.24. The van der Waals surface area contributed by atoms with Crippen molar-refractivity contribution in [3.05, 3.63) is 70.8 Å². The summed E-state index contributed by atoms with van der Waals surface area (Å²) in [5.74, 6) is 0. The fourth-order valence-electron chi connectivity index (χ4n) is 1.85. The molecule has 0 N–H and O–H groups in total. The summed E-state index contributed by atoms with van der Waals surface area (Å²) in [6.07, 6.45) is 0.979. The van der Waals surface area contributed by atoms with Gasteiger partial charge in [0.1, 0.15) is 0 Å². The molecule has 0 nitrogen and oxygen atoms in total. The average molecular weight is 242 g/mol. The van der Waals surface area contributed by atoms with Gasteiger partial charge in [-0.1, -0.05) is 59.7 Å². The van der Waals surface area contributed by atoms with Crippen molar-refractivity contribution in [2.24, 2.45) is 0 Å². The topological polar surface area (TPSA) is 0 Å². The molecule has 1 unspecified atom stereocenters. The predicted molar refractivity (Wildman–Crippen MR) is 77.8 cm³/mol. The SMILES string of the molecule is Cc1ccc(CC(S)c2ccc(C)cc2)cc1. The lowest BCUT2D eigenvalue weighted by molar-refractivity contribution is 0.938. The van der Waals surface area contributed by atoms with Crippen molar-refractivity contribution in [1.82, 2.24) is 0 Å². The summed E-state index contributed by atoms with van der Waals surface area (Å²) < 4.78 is 0. The Hall–Kier alpha value is -1.21. The molecule has 2 aromatic carbocycles. The van der Waals surface area contributed by atoms with Crippen LogP contribution < -0.4 is 0 Å². The maximum atomic E-state index is 4.69. The quantitative estimate of drug-likeness (QED) is 0.752. The Bertz CT molecular complexity index is 468. The van der Waals surface area contributed by atoms with Crippen LogP contribution in [0.4, 0.5) is 0 Å². The molecule has 2 aromatic rings. The summed E-state index contributed by atoms with van der Waals surface area (Å²) in [5.41, 5.74) is 5.24. The van der Waals surface area contributed by atoms with Crippen LogP contribution in [0.5, 0.6) is 0 Å². The highest BCUT2D eigenvalue weighted by Gasteiger charge is 2.06. The zero-order chi connectivity index (χ0) is 12.3. The first-order valence-corrected chi connectivity index (χ1v) is 6.47. The first-order valence-electron chi connectivity index (χ1n) is 5.95. The molecule has 1 atom stereocenters. The molecule has 1 heteroatoms. The maximum absolute atomic E-state index is 4.69. The molecule has 2 rings (SSSR count). The van der Waals surface area contributed by atoms with Gasteiger partial charge in [-0.25, -0.2) is 0 Å². The van der Waals surface area contributed by atoms with Crippen LogP contribution in [0.2, 0.25) is 0 Å². The first-order chi connectivity index (χ1) is 8.15. The van der Waals surface area contributed by atoms with E-state index in [1.165, 1.54) is 22.3 Å². The van der Waals surface area contributed by atoms with Crippen molar-refractivity contribution in [3.8, 4) is 0 Å². The molecule has 0 amide bonds. The monoisotopic (exact) mass is 242 g/mol. The van der Waals surface area contributed by atoms with E-state index in [1.807, 2.05) is 0 Å². The molecule has 0 saturated carbocycles. The van der Waals surface area contributed by atoms with Crippen LogP contribution in [-0.4, -0.2) is 0 Å². The van der Waals surface area contributed by atoms with Gasteiger partial charge in [0.25, 0.3) is 0 Å². The van der Waals surface area contributed by atoms with Crippen LogP contribution in [-0.2, 0) is 6.42 Å². The number of rotatable bonds is 3. The summed E-state index contributed by atoms with van der Waals surface area (Å²) >= 11 is 4.69. The smallest absolute Gasteiger partial charge is 0.0307 e. The summed E-state index contributed by atoms with van der Waals surface area (Å²) in [5, 5.41) is 0.276. The Labute approximate surface area is 109 Å². The zero-order valence-corrected chi connectivity index (χ0v) is 11.2. The highest BCUT2D eigenvalue weighted by molar-refractivity contribution is 7.80. The van der Waals surface area contributed by atoms with Crippen LogP contribution in [0.1, 0.15) is 27.5 Å². The minimum absolute atomic E-state index is 0.276. The van der Waals surface area contributed by atoms with E-state index in [1.54, 1.807) is 0 Å². The van der Waals surface area contributed by atoms with Crippen molar-refractivity contribution in [2.75, 3.05) is 0 Å². The number of benzene rings is 2. The van der Waals surface area contributed by atoms with E-state index >= 15 is 0 Å². The summed E-state index contributed by atoms with van der Waals surface area (Å²) in [6, 6.07) is 17.3. The molecule has 0 spiro atoms. The lowest BCUT2D eigenvalue weighted by atomic mass is 10.0. The van der Waals surface area contributed by atoms with Gasteiger partial charge >= 0.3 is 0 Å². The molecule has 0 radical (unpaired) electrons. The standard InChI is InChI=1S/C16H18S/c1-12-3-7-14(8-4-12)11-16(17)15-9-5-13(2)6-10-15/h3-10,16-17H,11H2,1-2H3. The third-order valence-electron chi connectivity index (χ3n) is 3.01. The fourth-order valence-corrected chi connectivity index (χ4v) is 2.24. The Morgan fingerprint density at radius 2 is 1.29 bits per heavy atom. The van der Waals surface area contributed by atoms with Gasteiger partial charge in [-0.3, -0.25) is 0 Å². The van der Waals surface area contributed by atoms with Crippen molar-refractivity contribution < 1.29 is 0 Å². The summed E-state index contributed by atoms with van der Waals surface area (Å²) in [7, 11) is 0. The van der Waals surface area contributed by atoms with Gasteiger partial charge in [-0.15, -0.1) is 0 Å². The van der Waals surface area contributed by atoms with E-state index in [4.69, 9.17) is 12.6 Å². The Morgan fingerprint density at radius 3 is 1.82 bits per heavy atom. The molecule has 0 aliphatic carbocycles. The lowest BCUT2D eigenvalue weighted by Gasteiger charge is -2.11. The number of thiol groups is 1. The molecule has 0 bridgehead atoms. The van der Waals surface area contributed by atoms with Crippen molar-refractivity contribution in [3.63, 3.8) is 0 Å². The van der Waals surface area contributed by atoms with Crippen LogP contribution in [0.25, 0.3) is 0 Å². The molecule has 0 saturated heterocycles. The molecule has 0 fully saturated rings. The largest absolute Gasteiger partial charge is 0.171 e. The van der Waals surface area contributed by atoms with E-state index in [2.05, 4.69) is 62.4 Å². The Morgan fingerprint density at radius 1 is 0.824 bits per heavy atom. The fraction of sp³-hybridized carbons (Fsp3) is 0.250. The second kappa shape index (κ2) is 5.42. The third kappa shape index (κ3) is 3.37. The van der Waals surface area contributed by atoms with Gasteiger partial charge in [0.05, 0.1) is 0 Å². The molecular weight excluding hydrogens is 224 g/mol. The molecule has 88 valence electrons. The number of hydrogen-bond acceptors (Lipinski definition) is 1. The average Bonchev–Trinajstić information content (AvgIpc) is 2.33. The molecule has 0 aliphatic heterocycles. The van der Waals surface area contributed by atoms with Gasteiger partial charge in [0.2, 0.25) is 0 Å². The third-order valence-corrected chi connectivity index (χ3v) is 3.49.